The van der Waals surface area contributed by atoms with Gasteiger partial charge in [-0.3, -0.25) is 0 Å². The predicted molar refractivity (Wildman–Crippen MR) is 53.0 cm³/mol. The van der Waals surface area contributed by atoms with Crippen LogP contribution in [0.5, 0.6) is 5.88 Å². The highest BCUT2D eigenvalue weighted by Crippen LogP contribution is 2.19. The number of rotatable bonds is 3. The van der Waals surface area contributed by atoms with Gasteiger partial charge in [0.25, 0.3) is 0 Å². The third-order valence-electron chi connectivity index (χ3n) is 1.32. The normalized spacial score (nSPS) is 11.8. The minimum absolute atomic E-state index is 0.556. The highest BCUT2D eigenvalue weighted by molar-refractivity contribution is 7.06. The van der Waals surface area contributed by atoms with Gasteiger partial charge in [-0.1, -0.05) is 5.57 Å². The first-order valence-electron chi connectivity index (χ1n) is 3.50. The molecule has 0 aliphatic rings. The molecule has 0 aromatic carbocycles. The second-order valence-corrected chi connectivity index (χ2v) is 3.50. The summed E-state index contributed by atoms with van der Waals surface area (Å²) in [5, 5.41) is 0. The van der Waals surface area contributed by atoms with Crippen LogP contribution in [0.25, 0.3) is 6.08 Å². The van der Waals surface area contributed by atoms with Crippen molar-refractivity contribution >= 4 is 29.2 Å². The third-order valence-corrected chi connectivity index (χ3v) is 2.45. The zero-order valence-corrected chi connectivity index (χ0v) is 8.58. The molecule has 1 rings (SSSR count). The van der Waals surface area contributed by atoms with E-state index in [2.05, 4.69) is 4.37 Å². The molecule has 0 bridgehead atoms. The lowest BCUT2D eigenvalue weighted by Gasteiger charge is -1.89. The zero-order chi connectivity index (χ0) is 8.97. The van der Waals surface area contributed by atoms with E-state index in [1.54, 1.807) is 7.11 Å². The van der Waals surface area contributed by atoms with Gasteiger partial charge >= 0.3 is 0 Å². The summed E-state index contributed by atoms with van der Waals surface area (Å²) < 4.78 is 9.00. The lowest BCUT2D eigenvalue weighted by atomic mass is 10.3. The molecule has 0 fully saturated rings. The minimum Gasteiger partial charge on any atom is -0.480 e. The van der Waals surface area contributed by atoms with E-state index in [0.717, 1.165) is 10.5 Å². The molecule has 4 heteroatoms. The fourth-order valence-electron chi connectivity index (χ4n) is 0.718. The summed E-state index contributed by atoms with van der Waals surface area (Å²) in [6.45, 7) is 1.99. The van der Waals surface area contributed by atoms with Crippen LogP contribution in [0, 0.1) is 0 Å². The van der Waals surface area contributed by atoms with Crippen LogP contribution in [0.4, 0.5) is 0 Å². The van der Waals surface area contributed by atoms with E-state index < -0.39 is 0 Å². The van der Waals surface area contributed by atoms with E-state index in [0.29, 0.717) is 11.8 Å². The molecule has 0 saturated carbocycles. The molecule has 12 heavy (non-hydrogen) atoms. The van der Waals surface area contributed by atoms with E-state index in [1.807, 2.05) is 19.1 Å². The number of alkyl halides is 1. The summed E-state index contributed by atoms with van der Waals surface area (Å²) in [7, 11) is 1.61. The summed E-state index contributed by atoms with van der Waals surface area (Å²) in [4.78, 5) is 1.07. The van der Waals surface area contributed by atoms with Gasteiger partial charge in [0.15, 0.2) is 0 Å². The number of halogens is 1. The fourth-order valence-corrected chi connectivity index (χ4v) is 1.52. The molecular weight excluding hydrogens is 194 g/mol. The van der Waals surface area contributed by atoms with Gasteiger partial charge in [-0.15, -0.1) is 11.6 Å². The lowest BCUT2D eigenvalue weighted by molar-refractivity contribution is 0.402. The molecule has 0 spiro atoms. The largest absolute Gasteiger partial charge is 0.480 e. The van der Waals surface area contributed by atoms with Gasteiger partial charge in [-0.2, -0.15) is 4.37 Å². The van der Waals surface area contributed by atoms with Crippen LogP contribution < -0.4 is 4.74 Å². The average molecular weight is 204 g/mol. The van der Waals surface area contributed by atoms with Crippen LogP contribution in [-0.2, 0) is 0 Å². The molecule has 0 N–H and O–H groups in total. The number of hydrogen-bond donors (Lipinski definition) is 0. The summed E-state index contributed by atoms with van der Waals surface area (Å²) in [5.41, 5.74) is 1.13. The lowest BCUT2D eigenvalue weighted by Crippen LogP contribution is -1.78. The summed E-state index contributed by atoms with van der Waals surface area (Å²) in [6, 6.07) is 1.89. The number of allylic oxidation sites excluding steroid dienone is 1. The average Bonchev–Trinajstić information content (AvgIpc) is 2.52. The SMILES string of the molecule is COc1cc(/C=C(/C)CCl)sn1. The van der Waals surface area contributed by atoms with Crippen molar-refractivity contribution in [2.75, 3.05) is 13.0 Å². The zero-order valence-electron chi connectivity index (χ0n) is 7.00. The van der Waals surface area contributed by atoms with E-state index in [-0.39, 0.29) is 0 Å². The Kier molecular flexibility index (Phi) is 3.56. The minimum atomic E-state index is 0.556. The highest BCUT2D eigenvalue weighted by Gasteiger charge is 1.98. The number of nitrogens with zero attached hydrogens (tertiary/aromatic N) is 1. The smallest absolute Gasteiger partial charge is 0.225 e. The molecule has 0 amide bonds. The predicted octanol–water partition coefficient (Wildman–Crippen LogP) is 2.79. The first-order chi connectivity index (χ1) is 5.76. The van der Waals surface area contributed by atoms with Crippen LogP contribution in [0.3, 0.4) is 0 Å². The van der Waals surface area contributed by atoms with Crippen molar-refractivity contribution in [1.82, 2.24) is 4.37 Å². The summed E-state index contributed by atoms with van der Waals surface area (Å²) in [5.74, 6) is 1.22. The first-order valence-corrected chi connectivity index (χ1v) is 4.81. The summed E-state index contributed by atoms with van der Waals surface area (Å²) in [6.07, 6.45) is 2.01. The van der Waals surface area contributed by atoms with Gasteiger partial charge in [0.2, 0.25) is 5.88 Å². The molecule has 1 aromatic rings. The quantitative estimate of drug-likeness (QED) is 0.705. The molecule has 1 heterocycles. The van der Waals surface area contributed by atoms with E-state index in [1.165, 1.54) is 11.5 Å². The fraction of sp³-hybridized carbons (Fsp3) is 0.375. The molecule has 0 aliphatic heterocycles. The van der Waals surface area contributed by atoms with Crippen LogP contribution >= 0.6 is 23.1 Å². The van der Waals surface area contributed by atoms with Crippen molar-refractivity contribution in [2.45, 2.75) is 6.92 Å². The number of methoxy groups -OCH3 is 1. The van der Waals surface area contributed by atoms with E-state index >= 15 is 0 Å². The van der Waals surface area contributed by atoms with E-state index in [4.69, 9.17) is 16.3 Å². The Morgan fingerprint density at radius 1 is 1.83 bits per heavy atom. The van der Waals surface area contributed by atoms with Gasteiger partial charge in [-0.05, 0) is 24.5 Å². The van der Waals surface area contributed by atoms with Gasteiger partial charge in [0.05, 0.1) is 12.0 Å². The molecule has 0 unspecified atom stereocenters. The van der Waals surface area contributed by atoms with Crippen molar-refractivity contribution in [3.63, 3.8) is 0 Å². The van der Waals surface area contributed by atoms with Crippen molar-refractivity contribution in [2.24, 2.45) is 0 Å². The topological polar surface area (TPSA) is 22.1 Å². The molecular formula is C8H10ClNOS. The monoisotopic (exact) mass is 203 g/mol. The molecule has 0 atom stereocenters. The van der Waals surface area contributed by atoms with Gasteiger partial charge in [0, 0.05) is 11.9 Å². The standard InChI is InChI=1S/C8H10ClNOS/c1-6(5-9)3-7-4-8(11-2)10-12-7/h3-4H,5H2,1-2H3/b6-3-. The number of hydrogen-bond acceptors (Lipinski definition) is 3. The second kappa shape index (κ2) is 4.48. The van der Waals surface area contributed by atoms with Crippen molar-refractivity contribution in [1.29, 1.82) is 0 Å². The third kappa shape index (κ3) is 2.50. The first kappa shape index (κ1) is 9.55. The maximum absolute atomic E-state index is 5.63. The van der Waals surface area contributed by atoms with Gasteiger partial charge < -0.3 is 4.74 Å². The molecule has 0 saturated heterocycles. The van der Waals surface area contributed by atoms with Crippen LogP contribution in [-0.4, -0.2) is 17.4 Å². The highest BCUT2D eigenvalue weighted by atomic mass is 35.5. The van der Waals surface area contributed by atoms with Gasteiger partial charge in [0.1, 0.15) is 0 Å². The van der Waals surface area contributed by atoms with Crippen molar-refractivity contribution < 1.29 is 4.74 Å². The molecule has 1 aromatic heterocycles. The Labute approximate surface area is 81.0 Å². The Morgan fingerprint density at radius 2 is 2.58 bits per heavy atom. The number of ether oxygens (including phenoxy) is 1. The van der Waals surface area contributed by atoms with Crippen LogP contribution in [0.15, 0.2) is 11.6 Å². The maximum Gasteiger partial charge on any atom is 0.225 e. The Bertz CT molecular complexity index is 282. The second-order valence-electron chi connectivity index (χ2n) is 2.40. The van der Waals surface area contributed by atoms with Crippen molar-refractivity contribution in [3.05, 3.63) is 16.5 Å². The molecule has 2 nitrogen and oxygen atoms in total. The Balaban J connectivity index is 2.76. The van der Waals surface area contributed by atoms with Crippen LogP contribution in [0.1, 0.15) is 11.8 Å². The maximum atomic E-state index is 5.63. The molecule has 0 aliphatic carbocycles. The molecule has 66 valence electrons. The van der Waals surface area contributed by atoms with Crippen LogP contribution in [0.2, 0.25) is 0 Å². The Hall–Kier alpha value is -0.540. The van der Waals surface area contributed by atoms with Gasteiger partial charge in [-0.25, -0.2) is 0 Å². The Morgan fingerprint density at radius 3 is 3.08 bits per heavy atom. The number of aromatic nitrogens is 1. The van der Waals surface area contributed by atoms with E-state index in [9.17, 15) is 0 Å². The summed E-state index contributed by atoms with van der Waals surface area (Å²) >= 11 is 7.04. The van der Waals surface area contributed by atoms with Crippen molar-refractivity contribution in [3.8, 4) is 5.88 Å². The molecule has 0 radical (unpaired) electrons.